The van der Waals surface area contributed by atoms with Gasteiger partial charge in [0.1, 0.15) is 5.69 Å². The van der Waals surface area contributed by atoms with Gasteiger partial charge in [0, 0.05) is 42.3 Å². The molecule has 6 aliphatic rings. The Morgan fingerprint density at radius 3 is 2.24 bits per heavy atom. The number of fused-ring (bicyclic) bond motifs is 2. The number of nitrogens with one attached hydrogen (secondary N) is 2. The fourth-order valence-electron chi connectivity index (χ4n) is 12.2. The number of pyridine rings is 1. The van der Waals surface area contributed by atoms with Crippen LogP contribution in [0.1, 0.15) is 135 Å². The van der Waals surface area contributed by atoms with Crippen LogP contribution in [0, 0.1) is 44.8 Å². The van der Waals surface area contributed by atoms with Gasteiger partial charge in [0.2, 0.25) is 21.8 Å². The average molecular weight is 827 g/mol. The van der Waals surface area contributed by atoms with Crippen LogP contribution >= 0.6 is 0 Å². The lowest BCUT2D eigenvalue weighted by atomic mass is 9.73. The van der Waals surface area contributed by atoms with Gasteiger partial charge in [0.15, 0.2) is 11.6 Å². The van der Waals surface area contributed by atoms with E-state index in [1.165, 1.54) is 0 Å². The summed E-state index contributed by atoms with van der Waals surface area (Å²) >= 11 is 0. The molecule has 2 aromatic rings. The lowest BCUT2D eigenvalue weighted by molar-refractivity contribution is -0.146. The zero-order valence-corrected chi connectivity index (χ0v) is 36.3. The van der Waals surface area contributed by atoms with Crippen LogP contribution in [0.15, 0.2) is 49.2 Å². The number of nitrogens with zero attached hydrogens (tertiary/aromatic N) is 2. The second-order valence-corrected chi connectivity index (χ2v) is 22.6. The van der Waals surface area contributed by atoms with Gasteiger partial charge >= 0.3 is 0 Å². The molecule has 5 saturated carbocycles. The molecule has 2 heterocycles. The summed E-state index contributed by atoms with van der Waals surface area (Å²) in [6.45, 7) is 14.6. The molecular weight excluding hydrogens is 765 g/mol. The Hall–Kier alpha value is -3.93. The third kappa shape index (κ3) is 6.87. The number of ketones is 2. The van der Waals surface area contributed by atoms with Crippen LogP contribution in [-0.2, 0) is 29.2 Å². The molecule has 1 unspecified atom stereocenters. The van der Waals surface area contributed by atoms with Crippen molar-refractivity contribution >= 4 is 50.1 Å². The minimum Gasteiger partial charge on any atom is -0.341 e. The molecule has 8 rings (SSSR count). The average Bonchev–Trinajstić information content (AvgIpc) is 4.13. The predicted octanol–water partition coefficient (Wildman–Crippen LogP) is 7.09. The monoisotopic (exact) mass is 826 g/mol. The quantitative estimate of drug-likeness (QED) is 0.191. The van der Waals surface area contributed by atoms with Gasteiger partial charge in [-0.2, -0.15) is 0 Å². The van der Waals surface area contributed by atoms with E-state index >= 15 is 4.79 Å². The summed E-state index contributed by atoms with van der Waals surface area (Å²) in [4.78, 5) is 78.9. The van der Waals surface area contributed by atoms with Gasteiger partial charge in [-0.3, -0.25) is 33.7 Å². The van der Waals surface area contributed by atoms with Crippen molar-refractivity contribution in [3.05, 3.63) is 54.9 Å². The number of amides is 3. The SMILES string of the molecule is C=C[C@@H]1C[C@]1(CC(=O)[C@@H]1C[C@@]2(CN1C(=O)[C@@H](CC(=O)C(NC(=O)c1nccc3ccccc13)C1CCCCC1)C(C)(C)C)C(C)(C)C21CCC1)C(=O)NS(=O)(=O)C1CC1. The molecule has 11 nitrogen and oxygen atoms in total. The van der Waals surface area contributed by atoms with Crippen molar-refractivity contribution in [2.45, 2.75) is 142 Å². The van der Waals surface area contributed by atoms with E-state index in [4.69, 9.17) is 0 Å². The maximum Gasteiger partial charge on any atom is 0.271 e. The first-order valence-electron chi connectivity index (χ1n) is 22.0. The summed E-state index contributed by atoms with van der Waals surface area (Å²) in [6, 6.07) is 7.76. The van der Waals surface area contributed by atoms with E-state index in [2.05, 4.69) is 35.4 Å². The van der Waals surface area contributed by atoms with Crippen LogP contribution in [0.5, 0.6) is 0 Å². The topological polar surface area (TPSA) is 160 Å². The van der Waals surface area contributed by atoms with Crippen molar-refractivity contribution in [2.75, 3.05) is 6.54 Å². The molecular formula is C47H62N4O7S. The Bertz CT molecular complexity index is 2190. The summed E-state index contributed by atoms with van der Waals surface area (Å²) in [5.74, 6) is -3.01. The third-order valence-electron chi connectivity index (χ3n) is 16.4. The van der Waals surface area contributed by atoms with E-state index in [0.717, 1.165) is 56.8 Å². The van der Waals surface area contributed by atoms with Crippen molar-refractivity contribution in [3.8, 4) is 0 Å². The number of sulfonamides is 1. The number of carbonyl (C=O) groups excluding carboxylic acids is 5. The van der Waals surface area contributed by atoms with E-state index in [1.807, 2.05) is 51.1 Å². The maximum atomic E-state index is 15.3. The highest BCUT2D eigenvalue weighted by molar-refractivity contribution is 7.90. The summed E-state index contributed by atoms with van der Waals surface area (Å²) in [5, 5.41) is 4.09. The van der Waals surface area contributed by atoms with Crippen LogP contribution in [-0.4, -0.2) is 71.5 Å². The molecule has 12 heteroatoms. The first-order chi connectivity index (χ1) is 27.8. The van der Waals surface area contributed by atoms with Gasteiger partial charge in [-0.1, -0.05) is 90.6 Å². The van der Waals surface area contributed by atoms with Crippen LogP contribution in [0.3, 0.4) is 0 Å². The van der Waals surface area contributed by atoms with Gasteiger partial charge in [0.05, 0.1) is 22.7 Å². The second kappa shape index (κ2) is 14.6. The van der Waals surface area contributed by atoms with Gasteiger partial charge in [-0.25, -0.2) is 8.42 Å². The number of Topliss-reactive ketones (excluding diaryl/α,β-unsaturated/α-hetero) is 2. The van der Waals surface area contributed by atoms with Crippen molar-refractivity contribution in [1.82, 2.24) is 19.9 Å². The molecule has 1 aliphatic heterocycles. The lowest BCUT2D eigenvalue weighted by Crippen LogP contribution is -2.51. The lowest BCUT2D eigenvalue weighted by Gasteiger charge is -2.37. The van der Waals surface area contributed by atoms with Crippen LogP contribution in [0.4, 0.5) is 0 Å². The fourth-order valence-corrected chi connectivity index (χ4v) is 13.5. The molecule has 1 aromatic carbocycles. The van der Waals surface area contributed by atoms with Gasteiger partial charge < -0.3 is 10.2 Å². The molecule has 2 N–H and O–H groups in total. The Morgan fingerprint density at radius 2 is 1.64 bits per heavy atom. The number of allylic oxidation sites excluding steroid dienone is 1. The fraction of sp³-hybridized carbons (Fsp3) is 0.660. The van der Waals surface area contributed by atoms with Gasteiger partial charge in [0.25, 0.3) is 5.91 Å². The summed E-state index contributed by atoms with van der Waals surface area (Å²) in [7, 11) is -3.83. The molecule has 0 radical (unpaired) electrons. The Labute approximate surface area is 349 Å². The van der Waals surface area contributed by atoms with Gasteiger partial charge in [-0.05, 0) is 90.9 Å². The zero-order chi connectivity index (χ0) is 42.3. The smallest absolute Gasteiger partial charge is 0.271 e. The minimum absolute atomic E-state index is 0.0171. The Balaban J connectivity index is 1.08. The molecule has 6 fully saturated rings. The third-order valence-corrected chi connectivity index (χ3v) is 18.2. The molecule has 6 atom stereocenters. The van der Waals surface area contributed by atoms with Crippen molar-refractivity contribution in [1.29, 1.82) is 0 Å². The van der Waals surface area contributed by atoms with E-state index in [0.29, 0.717) is 37.6 Å². The number of hydrogen-bond donors (Lipinski definition) is 2. The summed E-state index contributed by atoms with van der Waals surface area (Å²) in [5.41, 5.74) is -2.03. The standard InChI is InChI=1S/C47H62N4O7S/c1-7-31-25-45(31,42(56)50-59(57,58)32-18-19-32)27-37(53)35-26-47(44(5,6)46(47)21-13-22-46)28-51(35)41(55)34(43(2,3)4)24-36(52)38(30-15-9-8-10-16-30)49-40(54)39-33-17-12-11-14-29(33)20-23-48-39/h7,11-12,14,17,20,23,30-32,34-35,38H,1,8-10,13,15-16,18-19,21-22,24-28H2,2-6H3,(H,49,54)(H,50,56)/t31-,34-,35+,38?,45-,47-/m1/s1. The van der Waals surface area contributed by atoms with E-state index < -0.39 is 55.9 Å². The first kappa shape index (κ1) is 41.8. The zero-order valence-electron chi connectivity index (χ0n) is 35.5. The molecule has 1 aromatic heterocycles. The minimum atomic E-state index is -3.83. The normalized spacial score (nSPS) is 29.3. The molecule has 318 valence electrons. The Kier molecular flexibility index (Phi) is 10.4. The number of rotatable bonds is 14. The molecule has 0 bridgehead atoms. The van der Waals surface area contributed by atoms with Crippen molar-refractivity contribution in [3.63, 3.8) is 0 Å². The largest absolute Gasteiger partial charge is 0.341 e. The molecule has 59 heavy (non-hydrogen) atoms. The van der Waals surface area contributed by atoms with E-state index in [-0.39, 0.29) is 64.1 Å². The predicted molar refractivity (Wildman–Crippen MR) is 225 cm³/mol. The van der Waals surface area contributed by atoms with Crippen molar-refractivity contribution < 1.29 is 32.4 Å². The highest BCUT2D eigenvalue weighted by Crippen LogP contribution is 2.88. The van der Waals surface area contributed by atoms with E-state index in [1.54, 1.807) is 17.2 Å². The summed E-state index contributed by atoms with van der Waals surface area (Å²) in [6.07, 6.45) is 12.4. The van der Waals surface area contributed by atoms with Crippen LogP contribution < -0.4 is 10.0 Å². The molecule has 5 aliphatic carbocycles. The van der Waals surface area contributed by atoms with Crippen LogP contribution in [0.25, 0.3) is 10.8 Å². The number of benzene rings is 1. The number of likely N-dealkylation sites (tertiary alicyclic amines) is 1. The molecule has 2 spiro atoms. The molecule has 3 amide bonds. The summed E-state index contributed by atoms with van der Waals surface area (Å²) < 4.78 is 28.0. The van der Waals surface area contributed by atoms with Crippen LogP contribution in [0.2, 0.25) is 0 Å². The number of hydrogen-bond acceptors (Lipinski definition) is 8. The first-order valence-corrected chi connectivity index (χ1v) is 23.6. The maximum absolute atomic E-state index is 15.3. The molecule has 1 saturated heterocycles. The highest BCUT2D eigenvalue weighted by atomic mass is 32.2. The second-order valence-electron chi connectivity index (χ2n) is 20.7. The Morgan fingerprint density at radius 1 is 0.949 bits per heavy atom. The van der Waals surface area contributed by atoms with E-state index in [9.17, 15) is 27.6 Å². The van der Waals surface area contributed by atoms with Gasteiger partial charge in [-0.15, -0.1) is 6.58 Å². The number of carbonyl (C=O) groups is 5. The highest BCUT2D eigenvalue weighted by Gasteiger charge is 2.85. The number of aromatic nitrogens is 1. The van der Waals surface area contributed by atoms with Crippen molar-refractivity contribution in [2.24, 2.45) is 44.8 Å².